The van der Waals surface area contributed by atoms with E-state index in [2.05, 4.69) is 17.3 Å². The Kier molecular flexibility index (Phi) is 3.46. The van der Waals surface area contributed by atoms with E-state index in [1.807, 2.05) is 24.3 Å². The first kappa shape index (κ1) is 13.2. The lowest BCUT2D eigenvalue weighted by molar-refractivity contribution is 0.0833. The van der Waals surface area contributed by atoms with Crippen molar-refractivity contribution in [2.75, 3.05) is 19.0 Å². The lowest BCUT2D eigenvalue weighted by Gasteiger charge is -2.45. The molecule has 2 unspecified atom stereocenters. The van der Waals surface area contributed by atoms with Crippen LogP contribution in [0.3, 0.4) is 0 Å². The van der Waals surface area contributed by atoms with Gasteiger partial charge in [0, 0.05) is 12.1 Å². The summed E-state index contributed by atoms with van der Waals surface area (Å²) in [4.78, 5) is 2.47. The van der Waals surface area contributed by atoms with Gasteiger partial charge in [-0.3, -0.25) is 0 Å². The number of benzene rings is 1. The molecule has 3 rings (SSSR count). The second kappa shape index (κ2) is 4.97. The Morgan fingerprint density at radius 1 is 1.32 bits per heavy atom. The average molecular weight is 281 g/mol. The second-order valence-corrected chi connectivity index (χ2v) is 6.41. The maximum atomic E-state index is 9.92. The van der Waals surface area contributed by atoms with E-state index in [1.165, 1.54) is 12.8 Å². The van der Waals surface area contributed by atoms with Crippen LogP contribution in [-0.4, -0.2) is 41.3 Å². The predicted molar refractivity (Wildman–Crippen MR) is 78.7 cm³/mol. The predicted octanol–water partition coefficient (Wildman–Crippen LogP) is 2.74. The minimum Gasteiger partial charge on any atom is -0.394 e. The highest BCUT2D eigenvalue weighted by Gasteiger charge is 2.46. The number of rotatable bonds is 3. The Labute approximate surface area is 119 Å². The van der Waals surface area contributed by atoms with Gasteiger partial charge in [-0.25, -0.2) is 0 Å². The van der Waals surface area contributed by atoms with Crippen LogP contribution in [0.5, 0.6) is 0 Å². The van der Waals surface area contributed by atoms with Gasteiger partial charge in [0.05, 0.1) is 22.9 Å². The summed E-state index contributed by atoms with van der Waals surface area (Å²) in [6.07, 6.45) is 4.46. The molecule has 2 heterocycles. The number of piperidine rings is 1. The Balaban J connectivity index is 1.83. The van der Waals surface area contributed by atoms with Crippen LogP contribution in [0.15, 0.2) is 24.3 Å². The topological polar surface area (TPSA) is 35.5 Å². The minimum atomic E-state index is -0.219. The first-order chi connectivity index (χ1) is 9.13. The van der Waals surface area contributed by atoms with Crippen LogP contribution in [0, 0.1) is 0 Å². The zero-order valence-corrected chi connectivity index (χ0v) is 12.0. The molecule has 0 spiro atoms. The summed E-state index contributed by atoms with van der Waals surface area (Å²) in [5.41, 5.74) is 0.714. The monoisotopic (exact) mass is 280 g/mol. The zero-order chi connectivity index (χ0) is 13.5. The molecule has 104 valence electrons. The van der Waals surface area contributed by atoms with Crippen LogP contribution in [0.1, 0.15) is 25.7 Å². The maximum absolute atomic E-state index is 9.92. The summed E-state index contributed by atoms with van der Waals surface area (Å²) >= 11 is 6.22. The average Bonchev–Trinajstić information content (AvgIpc) is 2.65. The Bertz CT molecular complexity index is 451. The van der Waals surface area contributed by atoms with Crippen LogP contribution in [-0.2, 0) is 0 Å². The quantitative estimate of drug-likeness (QED) is 0.894. The van der Waals surface area contributed by atoms with Crippen molar-refractivity contribution in [1.82, 2.24) is 4.90 Å². The summed E-state index contributed by atoms with van der Waals surface area (Å²) in [6, 6.07) is 8.94. The molecule has 3 nitrogen and oxygen atoms in total. The van der Waals surface area contributed by atoms with Crippen molar-refractivity contribution in [3.05, 3.63) is 29.3 Å². The van der Waals surface area contributed by atoms with E-state index in [4.69, 9.17) is 11.6 Å². The standard InChI is InChI=1S/C15H21ClN2O/c1-18-11-6-7-12(18)9-15(8-11,10-19)17-14-5-3-2-4-13(14)16/h2-5,11-12,17,19H,6-10H2,1H3. The van der Waals surface area contributed by atoms with Gasteiger partial charge in [-0.15, -0.1) is 0 Å². The molecule has 19 heavy (non-hydrogen) atoms. The van der Waals surface area contributed by atoms with Crippen molar-refractivity contribution < 1.29 is 5.11 Å². The van der Waals surface area contributed by atoms with E-state index in [0.717, 1.165) is 23.6 Å². The van der Waals surface area contributed by atoms with Gasteiger partial charge >= 0.3 is 0 Å². The van der Waals surface area contributed by atoms with E-state index >= 15 is 0 Å². The van der Waals surface area contributed by atoms with E-state index in [0.29, 0.717) is 12.1 Å². The summed E-state index contributed by atoms with van der Waals surface area (Å²) in [5, 5.41) is 14.2. The maximum Gasteiger partial charge on any atom is 0.0662 e. The minimum absolute atomic E-state index is 0.166. The molecule has 0 aliphatic carbocycles. The molecular weight excluding hydrogens is 260 g/mol. The molecule has 2 N–H and O–H groups in total. The van der Waals surface area contributed by atoms with Gasteiger partial charge in [-0.1, -0.05) is 23.7 Å². The molecule has 0 saturated carbocycles. The zero-order valence-electron chi connectivity index (χ0n) is 11.3. The van der Waals surface area contributed by atoms with Gasteiger partial charge in [-0.05, 0) is 44.9 Å². The third-order valence-corrected chi connectivity index (χ3v) is 5.14. The van der Waals surface area contributed by atoms with Crippen LogP contribution >= 0.6 is 11.6 Å². The third-order valence-electron chi connectivity index (χ3n) is 4.81. The number of fused-ring (bicyclic) bond motifs is 2. The van der Waals surface area contributed by atoms with Gasteiger partial charge in [0.15, 0.2) is 0 Å². The molecule has 2 aliphatic rings. The number of aliphatic hydroxyl groups excluding tert-OH is 1. The number of aliphatic hydroxyl groups is 1. The van der Waals surface area contributed by atoms with E-state index in [1.54, 1.807) is 0 Å². The summed E-state index contributed by atoms with van der Waals surface area (Å²) in [6.45, 7) is 0.166. The Morgan fingerprint density at radius 3 is 2.53 bits per heavy atom. The number of nitrogens with zero attached hydrogens (tertiary/aromatic N) is 1. The number of hydrogen-bond donors (Lipinski definition) is 2. The molecule has 0 radical (unpaired) electrons. The molecule has 2 atom stereocenters. The van der Waals surface area contributed by atoms with Crippen LogP contribution < -0.4 is 5.32 Å². The number of hydrogen-bond acceptors (Lipinski definition) is 3. The number of halogens is 1. The lowest BCUT2D eigenvalue weighted by Crippen LogP contribution is -2.55. The third kappa shape index (κ3) is 2.35. The van der Waals surface area contributed by atoms with Crippen molar-refractivity contribution in [3.8, 4) is 0 Å². The fraction of sp³-hybridized carbons (Fsp3) is 0.600. The van der Waals surface area contributed by atoms with Crippen molar-refractivity contribution in [1.29, 1.82) is 0 Å². The van der Waals surface area contributed by atoms with Gasteiger partial charge in [0.25, 0.3) is 0 Å². The number of nitrogens with one attached hydrogen (secondary N) is 1. The molecule has 1 aromatic carbocycles. The summed E-state index contributed by atoms with van der Waals surface area (Å²) in [7, 11) is 2.21. The normalized spacial score (nSPS) is 34.5. The highest BCUT2D eigenvalue weighted by molar-refractivity contribution is 6.33. The van der Waals surface area contributed by atoms with Crippen molar-refractivity contribution in [2.45, 2.75) is 43.3 Å². The van der Waals surface area contributed by atoms with Crippen molar-refractivity contribution in [2.24, 2.45) is 0 Å². The van der Waals surface area contributed by atoms with E-state index < -0.39 is 0 Å². The van der Waals surface area contributed by atoms with Gasteiger partial charge in [-0.2, -0.15) is 0 Å². The Morgan fingerprint density at radius 2 is 1.95 bits per heavy atom. The van der Waals surface area contributed by atoms with Crippen LogP contribution in [0.2, 0.25) is 5.02 Å². The summed E-state index contributed by atoms with van der Waals surface area (Å²) in [5.74, 6) is 0. The fourth-order valence-corrected chi connectivity index (χ4v) is 3.87. The second-order valence-electron chi connectivity index (χ2n) is 6.00. The largest absolute Gasteiger partial charge is 0.394 e. The highest BCUT2D eigenvalue weighted by Crippen LogP contribution is 2.41. The van der Waals surface area contributed by atoms with E-state index in [9.17, 15) is 5.11 Å². The first-order valence-electron chi connectivity index (χ1n) is 6.99. The van der Waals surface area contributed by atoms with Crippen molar-refractivity contribution in [3.63, 3.8) is 0 Å². The van der Waals surface area contributed by atoms with E-state index in [-0.39, 0.29) is 12.1 Å². The van der Waals surface area contributed by atoms with Gasteiger partial charge in [0.2, 0.25) is 0 Å². The van der Waals surface area contributed by atoms with Crippen LogP contribution in [0.25, 0.3) is 0 Å². The lowest BCUT2D eigenvalue weighted by atomic mass is 9.83. The molecule has 0 aromatic heterocycles. The summed E-state index contributed by atoms with van der Waals surface area (Å²) < 4.78 is 0. The Hall–Kier alpha value is -0.770. The molecule has 1 aromatic rings. The van der Waals surface area contributed by atoms with Crippen LogP contribution in [0.4, 0.5) is 5.69 Å². The fourth-order valence-electron chi connectivity index (χ4n) is 3.69. The number of para-hydroxylation sites is 1. The molecule has 0 amide bonds. The number of anilines is 1. The SMILES string of the molecule is CN1C2CCC1CC(CO)(Nc1ccccc1Cl)C2. The molecule has 2 saturated heterocycles. The van der Waals surface area contributed by atoms with Gasteiger partial charge < -0.3 is 15.3 Å². The van der Waals surface area contributed by atoms with Crippen molar-refractivity contribution >= 4 is 17.3 Å². The molecule has 4 heteroatoms. The van der Waals surface area contributed by atoms with Gasteiger partial charge in [0.1, 0.15) is 0 Å². The molecular formula is C15H21ClN2O. The smallest absolute Gasteiger partial charge is 0.0662 e. The molecule has 2 fully saturated rings. The first-order valence-corrected chi connectivity index (χ1v) is 7.37. The molecule has 2 bridgehead atoms. The molecule has 2 aliphatic heterocycles. The highest BCUT2D eigenvalue weighted by atomic mass is 35.5.